The molecule has 0 saturated heterocycles. The second-order valence-electron chi connectivity index (χ2n) is 5.20. The zero-order chi connectivity index (χ0) is 20.4. The molecule has 26 heavy (non-hydrogen) atoms. The van der Waals surface area contributed by atoms with Gasteiger partial charge in [0.25, 0.3) is 0 Å². The van der Waals surface area contributed by atoms with Crippen molar-refractivity contribution in [2.45, 2.75) is 43.8 Å². The van der Waals surface area contributed by atoms with Crippen LogP contribution in [0.1, 0.15) is 25.7 Å². The van der Waals surface area contributed by atoms with E-state index >= 15 is 0 Å². The monoisotopic (exact) mass is 377 g/mol. The fourth-order valence-corrected chi connectivity index (χ4v) is 1.72. The minimum atomic E-state index is -1.84. The van der Waals surface area contributed by atoms with Gasteiger partial charge in [0.1, 0.15) is 12.1 Å². The smallest absolute Gasteiger partial charge is 0.326 e. The first-order chi connectivity index (χ1) is 11.9. The van der Waals surface area contributed by atoms with E-state index in [1.165, 1.54) is 0 Å². The van der Waals surface area contributed by atoms with E-state index in [0.717, 1.165) is 0 Å². The lowest BCUT2D eigenvalue weighted by Gasteiger charge is -2.21. The van der Waals surface area contributed by atoms with Crippen LogP contribution in [-0.4, -0.2) is 74.2 Å². The molecule has 3 unspecified atom stereocenters. The Bertz CT molecular complexity index is 591. The van der Waals surface area contributed by atoms with Crippen LogP contribution in [0.3, 0.4) is 0 Å². The molecular formula is C13H19N3O10. The molecule has 0 aliphatic rings. The number of amides is 2. The molecule has 0 aromatic rings. The van der Waals surface area contributed by atoms with Gasteiger partial charge < -0.3 is 36.8 Å². The Balaban J connectivity index is 5.05. The topological polar surface area (TPSA) is 233 Å². The molecule has 0 fully saturated rings. The second-order valence-corrected chi connectivity index (χ2v) is 5.20. The summed E-state index contributed by atoms with van der Waals surface area (Å²) in [6.07, 6.45) is -2.61. The molecule has 2 amide bonds. The van der Waals surface area contributed by atoms with E-state index in [1.807, 2.05) is 10.6 Å². The molecule has 0 saturated carbocycles. The molecule has 13 heteroatoms. The lowest BCUT2D eigenvalue weighted by molar-refractivity contribution is -0.148. The lowest BCUT2D eigenvalue weighted by atomic mass is 10.1. The molecule has 0 aliphatic carbocycles. The number of carbonyl (C=O) groups is 6. The number of aliphatic carboxylic acids is 4. The van der Waals surface area contributed by atoms with Gasteiger partial charge in [-0.25, -0.2) is 4.79 Å². The molecule has 0 aromatic carbocycles. The van der Waals surface area contributed by atoms with Crippen LogP contribution in [0.5, 0.6) is 0 Å². The maximum absolute atomic E-state index is 12.0. The zero-order valence-corrected chi connectivity index (χ0v) is 13.4. The van der Waals surface area contributed by atoms with Crippen LogP contribution in [0, 0.1) is 0 Å². The van der Waals surface area contributed by atoms with Crippen molar-refractivity contribution in [1.82, 2.24) is 10.6 Å². The molecule has 13 nitrogen and oxygen atoms in total. The second kappa shape index (κ2) is 10.6. The molecule has 0 aromatic heterocycles. The van der Waals surface area contributed by atoms with Gasteiger partial charge in [-0.05, 0) is 6.42 Å². The minimum Gasteiger partial charge on any atom is -0.481 e. The average molecular weight is 377 g/mol. The Morgan fingerprint density at radius 3 is 1.62 bits per heavy atom. The summed E-state index contributed by atoms with van der Waals surface area (Å²) < 4.78 is 0. The Labute approximate surface area is 146 Å². The van der Waals surface area contributed by atoms with E-state index in [1.54, 1.807) is 0 Å². The number of carbonyl (C=O) groups excluding carboxylic acids is 2. The first-order valence-electron chi connectivity index (χ1n) is 7.18. The number of carboxylic acids is 4. The van der Waals surface area contributed by atoms with Gasteiger partial charge in [0.15, 0.2) is 0 Å². The van der Waals surface area contributed by atoms with E-state index in [-0.39, 0.29) is 6.42 Å². The quantitative estimate of drug-likeness (QED) is 0.183. The molecule has 0 bridgehead atoms. The number of carboxylic acid groups (broad SMARTS) is 4. The summed E-state index contributed by atoms with van der Waals surface area (Å²) in [5.74, 6) is -8.16. The van der Waals surface area contributed by atoms with Crippen molar-refractivity contribution in [3.05, 3.63) is 0 Å². The van der Waals surface area contributed by atoms with Crippen molar-refractivity contribution in [1.29, 1.82) is 0 Å². The summed E-state index contributed by atoms with van der Waals surface area (Å²) in [5.41, 5.74) is 5.43. The van der Waals surface area contributed by atoms with Crippen LogP contribution in [0.25, 0.3) is 0 Å². The number of hydrogen-bond acceptors (Lipinski definition) is 7. The molecule has 0 aliphatic heterocycles. The summed E-state index contributed by atoms with van der Waals surface area (Å²) in [6, 6.07) is -4.91. The molecule has 146 valence electrons. The van der Waals surface area contributed by atoms with Crippen LogP contribution in [0.2, 0.25) is 0 Å². The van der Waals surface area contributed by atoms with E-state index in [0.29, 0.717) is 0 Å². The van der Waals surface area contributed by atoms with Gasteiger partial charge in [0, 0.05) is 6.42 Å². The first-order valence-corrected chi connectivity index (χ1v) is 7.18. The fraction of sp³-hybridized carbons (Fsp3) is 0.538. The molecule has 8 N–H and O–H groups in total. The highest BCUT2D eigenvalue weighted by molar-refractivity contribution is 5.94. The fourth-order valence-electron chi connectivity index (χ4n) is 1.72. The van der Waals surface area contributed by atoms with Crippen LogP contribution in [0.4, 0.5) is 0 Å². The van der Waals surface area contributed by atoms with Crippen molar-refractivity contribution < 1.29 is 49.2 Å². The van der Waals surface area contributed by atoms with Crippen molar-refractivity contribution in [3.8, 4) is 0 Å². The summed E-state index contributed by atoms with van der Waals surface area (Å²) >= 11 is 0. The predicted octanol–water partition coefficient (Wildman–Crippen LogP) is -2.82. The SMILES string of the molecule is NC(CCC(=O)O)C(=O)NC(CC(=O)O)C(=O)NC(CC(=O)O)C(=O)O. The first kappa shape index (κ1) is 22.8. The van der Waals surface area contributed by atoms with Crippen molar-refractivity contribution >= 4 is 35.7 Å². The Hall–Kier alpha value is -3.22. The van der Waals surface area contributed by atoms with Crippen LogP contribution < -0.4 is 16.4 Å². The van der Waals surface area contributed by atoms with Gasteiger partial charge in [-0.1, -0.05) is 0 Å². The van der Waals surface area contributed by atoms with E-state index < -0.39 is 73.1 Å². The zero-order valence-electron chi connectivity index (χ0n) is 13.4. The van der Waals surface area contributed by atoms with Gasteiger partial charge in [-0.3, -0.25) is 24.0 Å². The maximum Gasteiger partial charge on any atom is 0.326 e. The number of rotatable bonds is 12. The summed E-state index contributed by atoms with van der Waals surface area (Å²) in [5, 5.41) is 38.6. The highest BCUT2D eigenvalue weighted by Gasteiger charge is 2.30. The third kappa shape index (κ3) is 9.17. The Morgan fingerprint density at radius 2 is 1.19 bits per heavy atom. The largest absolute Gasteiger partial charge is 0.481 e. The molecule has 0 rings (SSSR count). The standard InChI is InChI=1S/C13H19N3O10/c14-5(1-2-8(17)18)11(23)15-6(3-9(19)20)12(24)16-7(13(25)26)4-10(21)22/h5-7H,1-4,14H2,(H,15,23)(H,16,24)(H,17,18)(H,19,20)(H,21,22)(H,25,26). The molecule has 0 radical (unpaired) electrons. The third-order valence-corrected chi connectivity index (χ3v) is 3.01. The van der Waals surface area contributed by atoms with Crippen LogP contribution >= 0.6 is 0 Å². The summed E-state index contributed by atoms with van der Waals surface area (Å²) in [4.78, 5) is 66.7. The van der Waals surface area contributed by atoms with Crippen LogP contribution in [-0.2, 0) is 28.8 Å². The van der Waals surface area contributed by atoms with Gasteiger partial charge in [-0.15, -0.1) is 0 Å². The van der Waals surface area contributed by atoms with Crippen molar-refractivity contribution in [2.75, 3.05) is 0 Å². The number of hydrogen-bond donors (Lipinski definition) is 7. The Kier molecular flexibility index (Phi) is 9.29. The minimum absolute atomic E-state index is 0.278. The van der Waals surface area contributed by atoms with Crippen molar-refractivity contribution in [3.63, 3.8) is 0 Å². The maximum atomic E-state index is 12.0. The predicted molar refractivity (Wildman–Crippen MR) is 80.8 cm³/mol. The summed E-state index contributed by atoms with van der Waals surface area (Å²) in [6.45, 7) is 0. The molecule has 3 atom stereocenters. The molecule has 0 spiro atoms. The Morgan fingerprint density at radius 1 is 0.731 bits per heavy atom. The summed E-state index contributed by atoms with van der Waals surface area (Å²) in [7, 11) is 0. The normalized spacial score (nSPS) is 13.7. The third-order valence-electron chi connectivity index (χ3n) is 3.01. The van der Waals surface area contributed by atoms with E-state index in [2.05, 4.69) is 0 Å². The van der Waals surface area contributed by atoms with Gasteiger partial charge in [0.05, 0.1) is 18.9 Å². The van der Waals surface area contributed by atoms with E-state index in [9.17, 15) is 28.8 Å². The highest BCUT2D eigenvalue weighted by Crippen LogP contribution is 2.01. The molecule has 0 heterocycles. The van der Waals surface area contributed by atoms with Gasteiger partial charge >= 0.3 is 23.9 Å². The van der Waals surface area contributed by atoms with E-state index in [4.69, 9.17) is 26.2 Å². The average Bonchev–Trinajstić information content (AvgIpc) is 2.49. The lowest BCUT2D eigenvalue weighted by Crippen LogP contribution is -2.55. The number of nitrogens with one attached hydrogen (secondary N) is 2. The highest BCUT2D eigenvalue weighted by atomic mass is 16.4. The number of nitrogens with two attached hydrogens (primary N) is 1. The van der Waals surface area contributed by atoms with Gasteiger partial charge in [0.2, 0.25) is 11.8 Å². The van der Waals surface area contributed by atoms with Gasteiger partial charge in [-0.2, -0.15) is 0 Å². The molecular weight excluding hydrogens is 358 g/mol. The van der Waals surface area contributed by atoms with Crippen molar-refractivity contribution in [2.24, 2.45) is 5.73 Å². The van der Waals surface area contributed by atoms with Crippen LogP contribution in [0.15, 0.2) is 0 Å².